The first kappa shape index (κ1) is 28.3. The zero-order valence-corrected chi connectivity index (χ0v) is 23.8. The summed E-state index contributed by atoms with van der Waals surface area (Å²) in [4.78, 5) is 0. The van der Waals surface area contributed by atoms with Gasteiger partial charge in [-0.2, -0.15) is 0 Å². The van der Waals surface area contributed by atoms with Crippen molar-refractivity contribution in [3.63, 3.8) is 0 Å². The summed E-state index contributed by atoms with van der Waals surface area (Å²) in [6.07, 6.45) is 3.52. The van der Waals surface area contributed by atoms with Gasteiger partial charge in [-0.15, -0.1) is 6.58 Å². The highest BCUT2D eigenvalue weighted by molar-refractivity contribution is 6.74. The molecule has 1 N–H and O–H groups in total. The van der Waals surface area contributed by atoms with E-state index in [0.717, 1.165) is 12.8 Å². The van der Waals surface area contributed by atoms with E-state index in [-0.39, 0.29) is 28.7 Å². The lowest BCUT2D eigenvalue weighted by Gasteiger charge is -2.40. The van der Waals surface area contributed by atoms with Gasteiger partial charge in [-0.25, -0.2) is 0 Å². The lowest BCUT2D eigenvalue weighted by atomic mass is 9.93. The zero-order valence-electron chi connectivity index (χ0n) is 21.8. The third-order valence-corrected chi connectivity index (χ3v) is 16.4. The maximum atomic E-state index is 10.1. The molecule has 0 bridgehead atoms. The maximum Gasteiger partial charge on any atom is 0.192 e. The fraction of sp³-hybridized carbons (Fsp3) is 0.692. The normalized spacial score (nSPS) is 15.6. The van der Waals surface area contributed by atoms with Gasteiger partial charge in [0.15, 0.2) is 16.6 Å². The lowest BCUT2D eigenvalue weighted by Crippen LogP contribution is -2.45. The molecular weight excluding hydrogens is 416 g/mol. The van der Waals surface area contributed by atoms with Crippen molar-refractivity contribution >= 4 is 16.6 Å². The van der Waals surface area contributed by atoms with Gasteiger partial charge in [-0.3, -0.25) is 0 Å². The highest BCUT2D eigenvalue weighted by Crippen LogP contribution is 2.39. The van der Waals surface area contributed by atoms with Crippen LogP contribution in [0.4, 0.5) is 0 Å². The van der Waals surface area contributed by atoms with Gasteiger partial charge in [0.2, 0.25) is 0 Å². The number of aliphatic hydroxyl groups excluding tert-OH is 1. The Morgan fingerprint density at radius 2 is 1.45 bits per heavy atom. The Morgan fingerprint density at radius 1 is 0.935 bits per heavy atom. The molecule has 0 fully saturated rings. The van der Waals surface area contributed by atoms with Crippen LogP contribution >= 0.6 is 0 Å². The molecule has 0 saturated carbocycles. The molecule has 2 unspecified atom stereocenters. The largest absolute Gasteiger partial charge is 0.413 e. The predicted octanol–water partition coefficient (Wildman–Crippen LogP) is 7.33. The van der Waals surface area contributed by atoms with Gasteiger partial charge < -0.3 is 14.0 Å². The maximum absolute atomic E-state index is 10.1. The van der Waals surface area contributed by atoms with E-state index in [1.807, 2.05) is 6.08 Å². The molecule has 1 aromatic carbocycles. The quantitative estimate of drug-likeness (QED) is 0.275. The molecule has 0 heterocycles. The summed E-state index contributed by atoms with van der Waals surface area (Å²) in [5.41, 5.74) is 2.55. The van der Waals surface area contributed by atoms with Crippen molar-refractivity contribution in [1.29, 1.82) is 0 Å². The smallest absolute Gasteiger partial charge is 0.192 e. The molecule has 0 spiro atoms. The van der Waals surface area contributed by atoms with Crippen molar-refractivity contribution in [2.24, 2.45) is 5.92 Å². The van der Waals surface area contributed by atoms with Gasteiger partial charge in [0.25, 0.3) is 0 Å². The molecule has 0 amide bonds. The molecule has 0 radical (unpaired) electrons. The molecule has 178 valence electrons. The standard InChI is InChI=1S/C26H48O3Si2/c1-12-24(29-31(10,11)26(5,6)7)22(19-27)18-17-21-15-13-14-16-23(21)20-28-30(8,9)25(2,3)4/h12-16,22,24,27H,1,17-20H2,2-11H3. The van der Waals surface area contributed by atoms with E-state index in [9.17, 15) is 5.11 Å². The topological polar surface area (TPSA) is 38.7 Å². The number of rotatable bonds is 11. The average molecular weight is 465 g/mol. The molecule has 0 aliphatic rings. The second kappa shape index (κ2) is 10.9. The van der Waals surface area contributed by atoms with E-state index in [4.69, 9.17) is 8.85 Å². The first-order valence-corrected chi connectivity index (χ1v) is 17.5. The first-order chi connectivity index (χ1) is 14.1. The van der Waals surface area contributed by atoms with Gasteiger partial charge in [0.1, 0.15) is 0 Å². The van der Waals surface area contributed by atoms with Crippen LogP contribution in [-0.4, -0.2) is 34.5 Å². The molecule has 0 saturated heterocycles. The van der Waals surface area contributed by atoms with Crippen LogP contribution in [0, 0.1) is 5.92 Å². The van der Waals surface area contributed by atoms with Crippen molar-refractivity contribution in [2.75, 3.05) is 6.61 Å². The number of aryl methyl sites for hydroxylation is 1. The van der Waals surface area contributed by atoms with Crippen LogP contribution in [0.2, 0.25) is 36.3 Å². The van der Waals surface area contributed by atoms with Gasteiger partial charge in [0, 0.05) is 12.5 Å². The molecule has 31 heavy (non-hydrogen) atoms. The van der Waals surface area contributed by atoms with E-state index in [1.165, 1.54) is 11.1 Å². The number of aliphatic hydroxyl groups is 1. The van der Waals surface area contributed by atoms with Crippen LogP contribution in [0.25, 0.3) is 0 Å². The average Bonchev–Trinajstić information content (AvgIpc) is 2.64. The van der Waals surface area contributed by atoms with Crippen molar-refractivity contribution < 1.29 is 14.0 Å². The second-order valence-corrected chi connectivity index (χ2v) is 21.4. The predicted molar refractivity (Wildman–Crippen MR) is 140 cm³/mol. The van der Waals surface area contributed by atoms with Crippen LogP contribution in [0.3, 0.4) is 0 Å². The second-order valence-electron chi connectivity index (χ2n) is 11.9. The summed E-state index contributed by atoms with van der Waals surface area (Å²) in [5.74, 6) is 0.0426. The van der Waals surface area contributed by atoms with Crippen LogP contribution in [0.15, 0.2) is 36.9 Å². The number of benzene rings is 1. The van der Waals surface area contributed by atoms with E-state index in [0.29, 0.717) is 6.61 Å². The molecular formula is C26H48O3Si2. The van der Waals surface area contributed by atoms with Gasteiger partial charge in [0.05, 0.1) is 12.7 Å². The summed E-state index contributed by atoms with van der Waals surface area (Å²) < 4.78 is 13.1. The molecule has 1 aromatic rings. The molecule has 5 heteroatoms. The third-order valence-electron chi connectivity index (χ3n) is 7.47. The minimum Gasteiger partial charge on any atom is -0.413 e. The fourth-order valence-corrected chi connectivity index (χ4v) is 5.24. The molecule has 3 nitrogen and oxygen atoms in total. The SMILES string of the molecule is C=CC(O[Si](C)(C)C(C)(C)C)C(CO)CCc1ccccc1CO[Si](C)(C)C(C)(C)C. The van der Waals surface area contributed by atoms with Crippen LogP contribution in [-0.2, 0) is 21.9 Å². The summed E-state index contributed by atoms with van der Waals surface area (Å²) in [6, 6.07) is 8.55. The van der Waals surface area contributed by atoms with Crippen LogP contribution in [0.5, 0.6) is 0 Å². The van der Waals surface area contributed by atoms with Crippen molar-refractivity contribution in [1.82, 2.24) is 0 Å². The van der Waals surface area contributed by atoms with Crippen LogP contribution < -0.4 is 0 Å². The van der Waals surface area contributed by atoms with E-state index in [2.05, 4.69) is 98.6 Å². The van der Waals surface area contributed by atoms with Gasteiger partial charge in [-0.1, -0.05) is 71.9 Å². The monoisotopic (exact) mass is 464 g/mol. The molecule has 0 aliphatic heterocycles. The van der Waals surface area contributed by atoms with Crippen LogP contribution in [0.1, 0.15) is 59.1 Å². The van der Waals surface area contributed by atoms with E-state index < -0.39 is 16.6 Å². The van der Waals surface area contributed by atoms with Gasteiger partial charge in [-0.05, 0) is 60.2 Å². The number of hydrogen-bond acceptors (Lipinski definition) is 3. The Balaban J connectivity index is 2.90. The lowest BCUT2D eigenvalue weighted by molar-refractivity contribution is 0.102. The Morgan fingerprint density at radius 3 is 1.90 bits per heavy atom. The summed E-state index contributed by atoms with van der Waals surface area (Å²) in [6.45, 7) is 27.4. The van der Waals surface area contributed by atoms with E-state index >= 15 is 0 Å². The van der Waals surface area contributed by atoms with Crippen molar-refractivity contribution in [2.45, 2.75) is 103 Å². The zero-order chi connectivity index (χ0) is 24.1. The highest BCUT2D eigenvalue weighted by atomic mass is 28.4. The Kier molecular flexibility index (Phi) is 9.98. The third kappa shape index (κ3) is 7.97. The summed E-state index contributed by atoms with van der Waals surface area (Å²) >= 11 is 0. The minimum atomic E-state index is -1.94. The highest BCUT2D eigenvalue weighted by Gasteiger charge is 2.40. The molecule has 0 aromatic heterocycles. The van der Waals surface area contributed by atoms with Crippen molar-refractivity contribution in [3.8, 4) is 0 Å². The molecule has 1 rings (SSSR count). The summed E-state index contributed by atoms with van der Waals surface area (Å²) in [7, 11) is -3.74. The first-order valence-electron chi connectivity index (χ1n) is 11.7. The minimum absolute atomic E-state index is 0.0426. The Hall–Kier alpha value is -0.726. The Bertz CT molecular complexity index is 699. The molecule has 2 atom stereocenters. The van der Waals surface area contributed by atoms with Crippen molar-refractivity contribution in [3.05, 3.63) is 48.0 Å². The molecule has 0 aliphatic carbocycles. The number of hydrogen-bond donors (Lipinski definition) is 1. The van der Waals surface area contributed by atoms with E-state index in [1.54, 1.807) is 0 Å². The fourth-order valence-electron chi connectivity index (χ4n) is 2.97. The van der Waals surface area contributed by atoms with Gasteiger partial charge >= 0.3 is 0 Å². The Labute approximate surface area is 194 Å². The summed E-state index contributed by atoms with van der Waals surface area (Å²) in [5, 5.41) is 10.5.